The number of nitrogens with one attached hydrogen (secondary N) is 1. The van der Waals surface area contributed by atoms with E-state index in [9.17, 15) is 0 Å². The lowest BCUT2D eigenvalue weighted by molar-refractivity contribution is 0.265. The minimum atomic E-state index is 0.413. The van der Waals surface area contributed by atoms with Crippen LogP contribution < -0.4 is 11.1 Å². The normalized spacial score (nSPS) is 17.5. The zero-order valence-electron chi connectivity index (χ0n) is 8.65. The molecule has 1 fully saturated rings. The molecule has 0 atom stereocenters. The Morgan fingerprint density at radius 2 is 2.07 bits per heavy atom. The largest absolute Gasteiger partial charge is 0.516 e. The maximum atomic E-state index is 7.81. The summed E-state index contributed by atoms with van der Waals surface area (Å²) in [6.07, 6.45) is 4.35. The third-order valence-electron chi connectivity index (χ3n) is 1.84. The van der Waals surface area contributed by atoms with Crippen molar-refractivity contribution in [1.29, 1.82) is 0 Å². The first-order chi connectivity index (χ1) is 6.85. The summed E-state index contributed by atoms with van der Waals surface area (Å²) in [6, 6.07) is 0. The molecule has 0 bridgehead atoms. The van der Waals surface area contributed by atoms with E-state index in [-0.39, 0.29) is 0 Å². The predicted octanol–water partition coefficient (Wildman–Crippen LogP) is 0.0944. The van der Waals surface area contributed by atoms with Gasteiger partial charge >= 0.3 is 0 Å². The summed E-state index contributed by atoms with van der Waals surface area (Å²) in [5.74, 6) is 0. The summed E-state index contributed by atoms with van der Waals surface area (Å²) in [7, 11) is 0. The van der Waals surface area contributed by atoms with E-state index in [4.69, 9.17) is 10.8 Å². The van der Waals surface area contributed by atoms with Gasteiger partial charge < -0.3 is 16.2 Å². The van der Waals surface area contributed by atoms with Gasteiger partial charge in [-0.05, 0) is 6.08 Å². The van der Waals surface area contributed by atoms with Gasteiger partial charge in [0.2, 0.25) is 0 Å². The van der Waals surface area contributed by atoms with Gasteiger partial charge in [-0.3, -0.25) is 4.90 Å². The second-order valence-electron chi connectivity index (χ2n) is 2.96. The van der Waals surface area contributed by atoms with Crippen molar-refractivity contribution in [1.82, 2.24) is 10.2 Å². The first-order valence-electron chi connectivity index (χ1n) is 4.88. The molecule has 0 amide bonds. The number of nitrogens with two attached hydrogens (primary N) is 1. The Balaban J connectivity index is 0.000000292. The second kappa shape index (κ2) is 10.2. The van der Waals surface area contributed by atoms with Crippen LogP contribution in [-0.2, 0) is 0 Å². The number of aliphatic hydroxyl groups excluding tert-OH is 1. The molecule has 0 aromatic heterocycles. The Bertz CT molecular complexity index is 153. The highest BCUT2D eigenvalue weighted by Crippen LogP contribution is 1.89. The Kier molecular flexibility index (Phi) is 9.63. The van der Waals surface area contributed by atoms with Crippen molar-refractivity contribution < 1.29 is 5.11 Å². The maximum Gasteiger partial charge on any atom is 0.0764 e. The van der Waals surface area contributed by atoms with Gasteiger partial charge in [0.1, 0.15) is 0 Å². The highest BCUT2D eigenvalue weighted by molar-refractivity contribution is 4.76. The lowest BCUT2D eigenvalue weighted by Crippen LogP contribution is -2.43. The van der Waals surface area contributed by atoms with Crippen molar-refractivity contribution in [2.24, 2.45) is 5.73 Å². The zero-order valence-corrected chi connectivity index (χ0v) is 8.65. The van der Waals surface area contributed by atoms with Gasteiger partial charge in [0.15, 0.2) is 0 Å². The van der Waals surface area contributed by atoms with Crippen LogP contribution in [0.25, 0.3) is 0 Å². The molecule has 0 aromatic carbocycles. The molecule has 82 valence electrons. The van der Waals surface area contributed by atoms with E-state index in [0.29, 0.717) is 6.54 Å². The van der Waals surface area contributed by atoms with Crippen molar-refractivity contribution in [2.45, 2.75) is 0 Å². The van der Waals surface area contributed by atoms with Crippen molar-refractivity contribution in [3.63, 3.8) is 0 Å². The Labute approximate surface area is 86.1 Å². The Morgan fingerprint density at radius 3 is 2.43 bits per heavy atom. The average Bonchev–Trinajstić information content (AvgIpc) is 2.22. The molecule has 0 spiro atoms. The van der Waals surface area contributed by atoms with E-state index in [2.05, 4.69) is 16.8 Å². The van der Waals surface area contributed by atoms with Crippen molar-refractivity contribution in [3.8, 4) is 0 Å². The van der Waals surface area contributed by atoms with Gasteiger partial charge in [0.05, 0.1) is 6.26 Å². The van der Waals surface area contributed by atoms with Crippen molar-refractivity contribution in [2.75, 3.05) is 39.3 Å². The second-order valence-corrected chi connectivity index (χ2v) is 2.96. The molecule has 0 aliphatic carbocycles. The summed E-state index contributed by atoms with van der Waals surface area (Å²) in [5, 5.41) is 11.1. The highest BCUT2D eigenvalue weighted by Gasteiger charge is 2.05. The van der Waals surface area contributed by atoms with Crippen LogP contribution >= 0.6 is 0 Å². The molecule has 0 aromatic rings. The van der Waals surface area contributed by atoms with Gasteiger partial charge in [0, 0.05) is 39.3 Å². The molecular weight excluding hydrogens is 178 g/mol. The molecule has 1 heterocycles. The number of hydrogen-bond donors (Lipinski definition) is 3. The number of aliphatic hydroxyl groups is 1. The zero-order chi connectivity index (χ0) is 10.6. The molecule has 0 radical (unpaired) electrons. The molecule has 4 nitrogen and oxygen atoms in total. The Hall–Kier alpha value is -0.840. The summed E-state index contributed by atoms with van der Waals surface area (Å²) < 4.78 is 0. The van der Waals surface area contributed by atoms with Crippen LogP contribution in [0.1, 0.15) is 0 Å². The smallest absolute Gasteiger partial charge is 0.0764 e. The van der Waals surface area contributed by atoms with Crippen LogP contribution in [0.5, 0.6) is 0 Å². The van der Waals surface area contributed by atoms with Crippen molar-refractivity contribution >= 4 is 0 Å². The van der Waals surface area contributed by atoms with Crippen molar-refractivity contribution in [3.05, 3.63) is 25.0 Å². The monoisotopic (exact) mass is 199 g/mol. The molecule has 4 N–H and O–H groups in total. The standard InChI is InChI=1S/C7H14N2.C3H7NO/c1-2-5-9-6-3-8-4-7-9;4-2-1-3-5/h2,8H,1,3-7H2;1,3,5H,2,4H2. The first-order valence-corrected chi connectivity index (χ1v) is 4.88. The summed E-state index contributed by atoms with van der Waals surface area (Å²) in [4.78, 5) is 2.39. The number of rotatable bonds is 3. The molecule has 0 unspecified atom stereocenters. The number of nitrogens with zero attached hydrogens (tertiary/aromatic N) is 1. The lowest BCUT2D eigenvalue weighted by Gasteiger charge is -2.25. The van der Waals surface area contributed by atoms with Crippen LogP contribution in [0, 0.1) is 0 Å². The highest BCUT2D eigenvalue weighted by atomic mass is 16.2. The van der Waals surface area contributed by atoms with Gasteiger partial charge in [-0.25, -0.2) is 0 Å². The summed E-state index contributed by atoms with van der Waals surface area (Å²) >= 11 is 0. The average molecular weight is 199 g/mol. The van der Waals surface area contributed by atoms with Gasteiger partial charge in [-0.2, -0.15) is 0 Å². The molecule has 0 saturated carbocycles. The fraction of sp³-hybridized carbons (Fsp3) is 0.600. The molecule has 1 rings (SSSR count). The molecule has 4 heteroatoms. The van der Waals surface area contributed by atoms with Crippen LogP contribution in [-0.4, -0.2) is 49.3 Å². The molecule has 1 aliphatic rings. The van der Waals surface area contributed by atoms with E-state index in [1.54, 1.807) is 0 Å². The predicted molar refractivity (Wildman–Crippen MR) is 60.3 cm³/mol. The number of piperazine rings is 1. The topological polar surface area (TPSA) is 61.5 Å². The van der Waals surface area contributed by atoms with Crippen LogP contribution in [0.4, 0.5) is 0 Å². The van der Waals surface area contributed by atoms with Crippen LogP contribution in [0.2, 0.25) is 0 Å². The minimum Gasteiger partial charge on any atom is -0.516 e. The van der Waals surface area contributed by atoms with E-state index in [1.807, 2.05) is 6.08 Å². The van der Waals surface area contributed by atoms with E-state index in [1.165, 1.54) is 19.2 Å². The van der Waals surface area contributed by atoms with Gasteiger partial charge in [0.25, 0.3) is 0 Å². The fourth-order valence-electron chi connectivity index (χ4n) is 1.14. The Morgan fingerprint density at radius 1 is 1.43 bits per heavy atom. The number of hydrogen-bond acceptors (Lipinski definition) is 4. The minimum absolute atomic E-state index is 0.413. The third kappa shape index (κ3) is 7.79. The molecule has 14 heavy (non-hydrogen) atoms. The van der Waals surface area contributed by atoms with E-state index in [0.717, 1.165) is 25.9 Å². The third-order valence-corrected chi connectivity index (χ3v) is 1.84. The van der Waals surface area contributed by atoms with Crippen LogP contribution in [0.15, 0.2) is 25.0 Å². The molecule has 1 aliphatic heterocycles. The van der Waals surface area contributed by atoms with Crippen LogP contribution in [0.3, 0.4) is 0 Å². The molecular formula is C10H21N3O. The van der Waals surface area contributed by atoms with E-state index >= 15 is 0 Å². The first kappa shape index (κ1) is 13.2. The summed E-state index contributed by atoms with van der Waals surface area (Å²) in [5.41, 5.74) is 4.89. The van der Waals surface area contributed by atoms with E-state index < -0.39 is 0 Å². The lowest BCUT2D eigenvalue weighted by atomic mass is 10.3. The maximum absolute atomic E-state index is 7.81. The van der Waals surface area contributed by atoms with Gasteiger partial charge in [-0.15, -0.1) is 6.58 Å². The fourth-order valence-corrected chi connectivity index (χ4v) is 1.14. The summed E-state index contributed by atoms with van der Waals surface area (Å²) in [6.45, 7) is 9.76. The van der Waals surface area contributed by atoms with Gasteiger partial charge in [-0.1, -0.05) is 6.08 Å². The quantitative estimate of drug-likeness (QED) is 0.445. The molecule has 1 saturated heterocycles. The SMILES string of the molecule is C=CCN1CCNCC1.NCC=CO.